The van der Waals surface area contributed by atoms with Crippen molar-refractivity contribution in [2.45, 2.75) is 66.5 Å². The Morgan fingerprint density at radius 3 is 2.71 bits per heavy atom. The minimum absolute atomic E-state index is 0.0787. The highest BCUT2D eigenvalue weighted by Gasteiger charge is 2.15. The molecule has 0 bridgehead atoms. The molecule has 0 aromatic carbocycles. The van der Waals surface area contributed by atoms with E-state index in [-0.39, 0.29) is 5.91 Å². The summed E-state index contributed by atoms with van der Waals surface area (Å²) in [5.41, 5.74) is 4.53. The average Bonchev–Trinajstić information content (AvgIpc) is 3.28. The number of nitrogens with one attached hydrogen (secondary N) is 1. The van der Waals surface area contributed by atoms with Crippen LogP contribution in [0.15, 0.2) is 18.3 Å². The summed E-state index contributed by atoms with van der Waals surface area (Å²) in [7, 11) is 0. The Balaban J connectivity index is 1.51. The number of carbonyl (C=O) groups excluding carboxylic acids is 1. The van der Waals surface area contributed by atoms with E-state index in [0.717, 1.165) is 43.1 Å². The topological polar surface area (TPSA) is 63.1 Å². The predicted molar refractivity (Wildman–Crippen MR) is 112 cm³/mol. The molecule has 0 aliphatic carbocycles. The third kappa shape index (κ3) is 5.12. The van der Waals surface area contributed by atoms with Crippen molar-refractivity contribution in [3.63, 3.8) is 0 Å². The maximum atomic E-state index is 12.4. The third-order valence-corrected chi connectivity index (χ3v) is 5.40. The molecule has 0 saturated carbocycles. The molecule has 0 spiro atoms. The summed E-state index contributed by atoms with van der Waals surface area (Å²) in [5.74, 6) is 1.66. The molecule has 1 saturated heterocycles. The van der Waals surface area contributed by atoms with Gasteiger partial charge in [0.05, 0.1) is 5.69 Å². The van der Waals surface area contributed by atoms with Gasteiger partial charge < -0.3 is 10.2 Å². The van der Waals surface area contributed by atoms with Crippen LogP contribution in [0.3, 0.4) is 0 Å². The molecular weight excluding hydrogens is 350 g/mol. The monoisotopic (exact) mass is 383 g/mol. The molecule has 2 aromatic heterocycles. The first-order chi connectivity index (χ1) is 13.4. The van der Waals surface area contributed by atoms with Crippen molar-refractivity contribution in [3.05, 3.63) is 40.8 Å². The zero-order chi connectivity index (χ0) is 20.1. The van der Waals surface area contributed by atoms with Gasteiger partial charge in [-0.15, -0.1) is 0 Å². The lowest BCUT2D eigenvalue weighted by molar-refractivity contribution is -0.121. The van der Waals surface area contributed by atoms with Crippen LogP contribution in [-0.2, 0) is 24.3 Å². The Morgan fingerprint density at radius 1 is 1.25 bits per heavy atom. The Morgan fingerprint density at radius 2 is 2.00 bits per heavy atom. The first-order valence-electron chi connectivity index (χ1n) is 10.4. The van der Waals surface area contributed by atoms with E-state index in [1.165, 1.54) is 24.1 Å². The summed E-state index contributed by atoms with van der Waals surface area (Å²) in [6.45, 7) is 12.1. The number of carbonyl (C=O) groups is 1. The summed E-state index contributed by atoms with van der Waals surface area (Å²) >= 11 is 0. The smallest absolute Gasteiger partial charge is 0.220 e. The van der Waals surface area contributed by atoms with Crippen LogP contribution in [0.2, 0.25) is 0 Å². The van der Waals surface area contributed by atoms with Crippen molar-refractivity contribution < 1.29 is 4.79 Å². The predicted octanol–water partition coefficient (Wildman–Crippen LogP) is 3.40. The molecule has 0 unspecified atom stereocenters. The Kier molecular flexibility index (Phi) is 6.70. The quantitative estimate of drug-likeness (QED) is 0.759. The molecule has 1 aliphatic rings. The van der Waals surface area contributed by atoms with Gasteiger partial charge in [-0.3, -0.25) is 9.48 Å². The zero-order valence-corrected chi connectivity index (χ0v) is 17.7. The standard InChI is InChI=1S/C22H33N5O/c1-16(2)15-27-18(4)20(17(3)25-27)7-8-22(28)24-14-19-9-10-23-21(13-19)26-11-5-6-12-26/h9-10,13,16H,5-8,11-12,14-15H2,1-4H3,(H,24,28). The van der Waals surface area contributed by atoms with Crippen molar-refractivity contribution in [1.82, 2.24) is 20.1 Å². The van der Waals surface area contributed by atoms with Gasteiger partial charge in [0.2, 0.25) is 5.91 Å². The summed E-state index contributed by atoms with van der Waals surface area (Å²) in [6.07, 6.45) is 5.52. The molecule has 6 nitrogen and oxygen atoms in total. The lowest BCUT2D eigenvalue weighted by Gasteiger charge is -2.17. The molecule has 6 heteroatoms. The summed E-state index contributed by atoms with van der Waals surface area (Å²) in [6, 6.07) is 4.07. The number of aromatic nitrogens is 3. The summed E-state index contributed by atoms with van der Waals surface area (Å²) < 4.78 is 2.07. The zero-order valence-electron chi connectivity index (χ0n) is 17.7. The molecule has 1 fully saturated rings. The molecule has 0 radical (unpaired) electrons. The van der Waals surface area contributed by atoms with E-state index in [9.17, 15) is 4.79 Å². The highest BCUT2D eigenvalue weighted by atomic mass is 16.1. The molecule has 0 atom stereocenters. The van der Waals surface area contributed by atoms with E-state index in [1.54, 1.807) is 0 Å². The minimum atomic E-state index is 0.0787. The molecule has 1 N–H and O–H groups in total. The van der Waals surface area contributed by atoms with Crippen molar-refractivity contribution >= 4 is 11.7 Å². The minimum Gasteiger partial charge on any atom is -0.357 e. The van der Waals surface area contributed by atoms with Gasteiger partial charge >= 0.3 is 0 Å². The molecule has 1 amide bonds. The number of pyridine rings is 1. The van der Waals surface area contributed by atoms with Crippen LogP contribution in [0, 0.1) is 19.8 Å². The molecular formula is C22H33N5O. The van der Waals surface area contributed by atoms with E-state index in [1.807, 2.05) is 19.2 Å². The van der Waals surface area contributed by atoms with Crippen LogP contribution < -0.4 is 10.2 Å². The first-order valence-corrected chi connectivity index (χ1v) is 10.4. The number of hydrogen-bond acceptors (Lipinski definition) is 4. The Bertz CT molecular complexity index is 805. The number of anilines is 1. The fourth-order valence-electron chi connectivity index (χ4n) is 3.84. The van der Waals surface area contributed by atoms with Crippen LogP contribution in [-0.4, -0.2) is 33.8 Å². The van der Waals surface area contributed by atoms with Gasteiger partial charge in [0, 0.05) is 44.5 Å². The molecule has 3 heterocycles. The largest absolute Gasteiger partial charge is 0.357 e. The van der Waals surface area contributed by atoms with Crippen LogP contribution >= 0.6 is 0 Å². The van der Waals surface area contributed by atoms with Crippen LogP contribution in [0.25, 0.3) is 0 Å². The SMILES string of the molecule is Cc1nn(CC(C)C)c(C)c1CCC(=O)NCc1ccnc(N2CCCC2)c1. The Labute approximate surface area is 168 Å². The lowest BCUT2D eigenvalue weighted by atomic mass is 10.1. The van der Waals surface area contributed by atoms with Crippen molar-refractivity contribution in [2.75, 3.05) is 18.0 Å². The fourth-order valence-corrected chi connectivity index (χ4v) is 3.84. The lowest BCUT2D eigenvalue weighted by Crippen LogP contribution is -2.24. The number of rotatable bonds is 8. The van der Waals surface area contributed by atoms with Crippen LogP contribution in [0.1, 0.15) is 55.6 Å². The van der Waals surface area contributed by atoms with E-state index in [2.05, 4.69) is 51.8 Å². The first kappa shape index (κ1) is 20.4. The molecule has 3 rings (SSSR count). The van der Waals surface area contributed by atoms with Crippen LogP contribution in [0.4, 0.5) is 5.82 Å². The number of hydrogen-bond donors (Lipinski definition) is 1. The highest BCUT2D eigenvalue weighted by Crippen LogP contribution is 2.19. The highest BCUT2D eigenvalue weighted by molar-refractivity contribution is 5.76. The van der Waals surface area contributed by atoms with E-state index >= 15 is 0 Å². The van der Waals surface area contributed by atoms with Gasteiger partial charge in [0.1, 0.15) is 5.82 Å². The van der Waals surface area contributed by atoms with Crippen molar-refractivity contribution in [3.8, 4) is 0 Å². The molecule has 2 aromatic rings. The Hall–Kier alpha value is -2.37. The van der Waals surface area contributed by atoms with Gasteiger partial charge in [0.15, 0.2) is 0 Å². The third-order valence-electron chi connectivity index (χ3n) is 5.40. The maximum absolute atomic E-state index is 12.4. The van der Waals surface area contributed by atoms with Crippen molar-refractivity contribution in [1.29, 1.82) is 0 Å². The number of amides is 1. The second-order valence-electron chi connectivity index (χ2n) is 8.22. The summed E-state index contributed by atoms with van der Waals surface area (Å²) in [4.78, 5) is 19.2. The van der Waals surface area contributed by atoms with Crippen molar-refractivity contribution in [2.24, 2.45) is 5.92 Å². The maximum Gasteiger partial charge on any atom is 0.220 e. The van der Waals surface area contributed by atoms with E-state index < -0.39 is 0 Å². The second kappa shape index (κ2) is 9.22. The van der Waals surface area contributed by atoms with E-state index in [0.29, 0.717) is 18.9 Å². The fraction of sp³-hybridized carbons (Fsp3) is 0.591. The van der Waals surface area contributed by atoms with E-state index in [4.69, 9.17) is 0 Å². The molecule has 1 aliphatic heterocycles. The molecule has 152 valence electrons. The van der Waals surface area contributed by atoms with Gasteiger partial charge in [-0.1, -0.05) is 13.8 Å². The second-order valence-corrected chi connectivity index (χ2v) is 8.22. The number of aryl methyl sites for hydroxylation is 1. The number of nitrogens with zero attached hydrogens (tertiary/aromatic N) is 4. The van der Waals surface area contributed by atoms with Gasteiger partial charge in [-0.2, -0.15) is 5.10 Å². The summed E-state index contributed by atoms with van der Waals surface area (Å²) in [5, 5.41) is 7.70. The van der Waals surface area contributed by atoms with Gasteiger partial charge in [-0.25, -0.2) is 4.98 Å². The van der Waals surface area contributed by atoms with Crippen LogP contribution in [0.5, 0.6) is 0 Å². The normalized spacial score (nSPS) is 14.1. The van der Waals surface area contributed by atoms with Gasteiger partial charge in [-0.05, 0) is 62.3 Å². The average molecular weight is 384 g/mol. The van der Waals surface area contributed by atoms with Gasteiger partial charge in [0.25, 0.3) is 0 Å². The molecule has 28 heavy (non-hydrogen) atoms.